The van der Waals surface area contributed by atoms with Crippen molar-refractivity contribution in [2.45, 2.75) is 5.03 Å². The molecule has 0 atom stereocenters. The van der Waals surface area contributed by atoms with E-state index in [0.29, 0.717) is 5.03 Å². The van der Waals surface area contributed by atoms with E-state index in [0.717, 1.165) is 12.3 Å². The molecule has 6 heteroatoms. The molecule has 1 aromatic rings. The van der Waals surface area contributed by atoms with Crippen molar-refractivity contribution >= 4 is 17.4 Å². The molecule has 1 aromatic heterocycles. The summed E-state index contributed by atoms with van der Waals surface area (Å²) in [7, 11) is 3.93. The van der Waals surface area contributed by atoms with E-state index >= 15 is 0 Å². The first-order chi connectivity index (χ1) is 7.11. The van der Waals surface area contributed by atoms with Gasteiger partial charge in [0.2, 0.25) is 0 Å². The van der Waals surface area contributed by atoms with E-state index < -0.39 is 4.92 Å². The van der Waals surface area contributed by atoms with Crippen LogP contribution in [-0.2, 0) is 0 Å². The summed E-state index contributed by atoms with van der Waals surface area (Å²) in [6, 6.07) is 3.05. The third-order valence-electron chi connectivity index (χ3n) is 1.73. The van der Waals surface area contributed by atoms with Gasteiger partial charge in [0.25, 0.3) is 0 Å². The highest BCUT2D eigenvalue weighted by Crippen LogP contribution is 2.25. The summed E-state index contributed by atoms with van der Waals surface area (Å²) in [5.74, 6) is 0.796. The molecule has 0 spiro atoms. The first-order valence-corrected chi connectivity index (χ1v) is 5.46. The van der Waals surface area contributed by atoms with Gasteiger partial charge in [-0.25, -0.2) is 4.98 Å². The summed E-state index contributed by atoms with van der Waals surface area (Å²) in [6.45, 7) is 0.873. The van der Waals surface area contributed by atoms with E-state index in [2.05, 4.69) is 4.98 Å². The molecule has 0 bridgehead atoms. The minimum absolute atomic E-state index is 0.0845. The van der Waals surface area contributed by atoms with Gasteiger partial charge in [-0.1, -0.05) is 11.8 Å². The zero-order valence-corrected chi connectivity index (χ0v) is 9.53. The van der Waals surface area contributed by atoms with Crippen LogP contribution in [0.25, 0.3) is 0 Å². The van der Waals surface area contributed by atoms with Gasteiger partial charge in [-0.3, -0.25) is 10.1 Å². The summed E-state index contributed by atoms with van der Waals surface area (Å²) in [5, 5.41) is 11.2. The fourth-order valence-corrected chi connectivity index (χ4v) is 2.03. The fourth-order valence-electron chi connectivity index (χ4n) is 0.957. The van der Waals surface area contributed by atoms with E-state index in [1.807, 2.05) is 19.0 Å². The van der Waals surface area contributed by atoms with Gasteiger partial charge in [-0.15, -0.1) is 0 Å². The molecule has 0 aromatic carbocycles. The van der Waals surface area contributed by atoms with Gasteiger partial charge < -0.3 is 4.90 Å². The number of nitro groups is 1. The molecule has 0 radical (unpaired) electrons. The van der Waals surface area contributed by atoms with Crippen LogP contribution in [0.1, 0.15) is 0 Å². The van der Waals surface area contributed by atoms with Crippen LogP contribution in [0, 0.1) is 10.1 Å². The zero-order valence-electron chi connectivity index (χ0n) is 8.71. The van der Waals surface area contributed by atoms with Crippen LogP contribution in [-0.4, -0.2) is 41.2 Å². The van der Waals surface area contributed by atoms with Crippen LogP contribution in [0.4, 0.5) is 5.69 Å². The van der Waals surface area contributed by atoms with Gasteiger partial charge >= 0.3 is 5.69 Å². The van der Waals surface area contributed by atoms with Crippen LogP contribution < -0.4 is 0 Å². The average Bonchev–Trinajstić information content (AvgIpc) is 2.17. The van der Waals surface area contributed by atoms with Crippen LogP contribution >= 0.6 is 11.8 Å². The molecule has 0 saturated heterocycles. The minimum Gasteiger partial charge on any atom is -0.309 e. The number of hydrogen-bond acceptors (Lipinski definition) is 5. The van der Waals surface area contributed by atoms with Crippen molar-refractivity contribution in [2.75, 3.05) is 26.4 Å². The topological polar surface area (TPSA) is 59.3 Å². The summed E-state index contributed by atoms with van der Waals surface area (Å²) in [4.78, 5) is 16.3. The molecule has 0 fully saturated rings. The maximum atomic E-state index is 10.7. The third kappa shape index (κ3) is 3.85. The summed E-state index contributed by atoms with van der Waals surface area (Å²) in [5.41, 5.74) is 0.0845. The number of nitrogens with zero attached hydrogens (tertiary/aromatic N) is 3. The monoisotopic (exact) mass is 227 g/mol. The zero-order chi connectivity index (χ0) is 11.3. The molecule has 0 N–H and O–H groups in total. The van der Waals surface area contributed by atoms with Gasteiger partial charge in [0, 0.05) is 24.6 Å². The van der Waals surface area contributed by atoms with Crippen molar-refractivity contribution in [3.05, 3.63) is 28.4 Å². The number of rotatable bonds is 5. The molecule has 82 valence electrons. The molecule has 0 aliphatic heterocycles. The van der Waals surface area contributed by atoms with Crippen molar-refractivity contribution in [1.29, 1.82) is 0 Å². The number of aromatic nitrogens is 1. The minimum atomic E-state index is -0.398. The van der Waals surface area contributed by atoms with E-state index in [4.69, 9.17) is 0 Å². The molecule has 1 heterocycles. The largest absolute Gasteiger partial charge is 0.309 e. The second-order valence-electron chi connectivity index (χ2n) is 3.24. The highest BCUT2D eigenvalue weighted by atomic mass is 32.2. The summed E-state index contributed by atoms with van der Waals surface area (Å²) >= 11 is 1.41. The quantitative estimate of drug-likeness (QED) is 0.435. The van der Waals surface area contributed by atoms with Gasteiger partial charge in [0.1, 0.15) is 0 Å². The van der Waals surface area contributed by atoms with Crippen LogP contribution in [0.15, 0.2) is 23.4 Å². The first-order valence-electron chi connectivity index (χ1n) is 4.48. The highest BCUT2D eigenvalue weighted by molar-refractivity contribution is 7.99. The maximum Gasteiger partial charge on any atom is 0.301 e. The van der Waals surface area contributed by atoms with Crippen LogP contribution in [0.3, 0.4) is 0 Å². The van der Waals surface area contributed by atoms with Gasteiger partial charge in [-0.05, 0) is 20.2 Å². The van der Waals surface area contributed by atoms with Crippen molar-refractivity contribution in [3.63, 3.8) is 0 Å². The Balaban J connectivity index is 2.63. The molecule has 0 aliphatic carbocycles. The van der Waals surface area contributed by atoms with Crippen LogP contribution in [0.5, 0.6) is 0 Å². The van der Waals surface area contributed by atoms with Crippen molar-refractivity contribution < 1.29 is 4.92 Å². The lowest BCUT2D eigenvalue weighted by Crippen LogP contribution is -2.14. The molecule has 0 saturated carbocycles. The Labute approximate surface area is 92.6 Å². The Morgan fingerprint density at radius 1 is 1.60 bits per heavy atom. The Bertz CT molecular complexity index is 344. The first kappa shape index (κ1) is 11.9. The van der Waals surface area contributed by atoms with Gasteiger partial charge in [0.15, 0.2) is 5.03 Å². The van der Waals surface area contributed by atoms with E-state index in [1.54, 1.807) is 12.3 Å². The summed E-state index contributed by atoms with van der Waals surface area (Å²) in [6.07, 6.45) is 1.57. The second-order valence-corrected chi connectivity index (χ2v) is 4.32. The normalized spacial score (nSPS) is 10.6. The van der Waals surface area contributed by atoms with Crippen LogP contribution in [0.2, 0.25) is 0 Å². The number of pyridine rings is 1. The molecule has 0 aliphatic rings. The predicted octanol–water partition coefficient (Wildman–Crippen LogP) is 1.64. The van der Waals surface area contributed by atoms with Crippen molar-refractivity contribution in [2.24, 2.45) is 0 Å². The van der Waals surface area contributed by atoms with E-state index in [9.17, 15) is 10.1 Å². The lowest BCUT2D eigenvalue weighted by Gasteiger charge is -2.07. The molecule has 0 unspecified atom stereocenters. The maximum absolute atomic E-state index is 10.7. The van der Waals surface area contributed by atoms with Crippen molar-refractivity contribution in [3.8, 4) is 0 Å². The molecule has 15 heavy (non-hydrogen) atoms. The molecular formula is C9H13N3O2S. The Hall–Kier alpha value is -1.14. The Morgan fingerprint density at radius 2 is 2.33 bits per heavy atom. The Kier molecular flexibility index (Phi) is 4.51. The lowest BCUT2D eigenvalue weighted by molar-refractivity contribution is -0.388. The Morgan fingerprint density at radius 3 is 2.93 bits per heavy atom. The average molecular weight is 227 g/mol. The van der Waals surface area contributed by atoms with E-state index in [-0.39, 0.29) is 5.69 Å². The number of hydrogen-bond donors (Lipinski definition) is 0. The lowest BCUT2D eigenvalue weighted by atomic mass is 10.4. The number of thioether (sulfide) groups is 1. The molecule has 1 rings (SSSR count). The smallest absolute Gasteiger partial charge is 0.301 e. The highest BCUT2D eigenvalue weighted by Gasteiger charge is 2.13. The standard InChI is InChI=1S/C9H13N3O2S/c1-11(2)6-7-15-9-8(12(13)14)4-3-5-10-9/h3-5H,6-7H2,1-2H3. The van der Waals surface area contributed by atoms with Gasteiger partial charge in [-0.2, -0.15) is 0 Å². The van der Waals surface area contributed by atoms with Crippen molar-refractivity contribution in [1.82, 2.24) is 9.88 Å². The summed E-state index contributed by atoms with van der Waals surface area (Å²) < 4.78 is 0. The SMILES string of the molecule is CN(C)CCSc1ncccc1[N+](=O)[O-]. The van der Waals surface area contributed by atoms with Gasteiger partial charge in [0.05, 0.1) is 4.92 Å². The predicted molar refractivity (Wildman–Crippen MR) is 60.2 cm³/mol. The molecule has 5 nitrogen and oxygen atoms in total. The second kappa shape index (κ2) is 5.67. The molecule has 0 amide bonds. The molecular weight excluding hydrogens is 214 g/mol. The fraction of sp³-hybridized carbons (Fsp3) is 0.444. The van der Waals surface area contributed by atoms with E-state index in [1.165, 1.54) is 17.8 Å². The third-order valence-corrected chi connectivity index (χ3v) is 2.70.